The molecule has 0 bridgehead atoms. The molecule has 0 unspecified atom stereocenters. The van der Waals surface area contributed by atoms with Gasteiger partial charge in [0.2, 0.25) is 5.91 Å². The molecule has 0 aliphatic rings. The van der Waals surface area contributed by atoms with Gasteiger partial charge in [0.05, 0.1) is 0 Å². The van der Waals surface area contributed by atoms with E-state index in [1.54, 1.807) is 6.07 Å². The Bertz CT molecular complexity index is 336. The number of aromatic nitrogens is 1. The monoisotopic (exact) mass is 217 g/mol. The zero-order chi connectivity index (χ0) is 10.8. The SMILES string of the molecule is [2H]C([2H])([2H])C(=O)Nc1ccc(Br)cn1. The normalized spacial score (nSPS) is 14.5. The highest BCUT2D eigenvalue weighted by molar-refractivity contribution is 9.10. The number of nitrogens with zero attached hydrogens (tertiary/aromatic N) is 1. The van der Waals surface area contributed by atoms with Gasteiger partial charge < -0.3 is 5.32 Å². The van der Waals surface area contributed by atoms with Gasteiger partial charge in [-0.25, -0.2) is 4.98 Å². The summed E-state index contributed by atoms with van der Waals surface area (Å²) in [7, 11) is 0. The van der Waals surface area contributed by atoms with E-state index < -0.39 is 12.8 Å². The molecule has 1 N–H and O–H groups in total. The van der Waals surface area contributed by atoms with E-state index in [0.29, 0.717) is 0 Å². The van der Waals surface area contributed by atoms with Crippen LogP contribution in [0.4, 0.5) is 5.82 Å². The molecule has 1 aromatic rings. The Hall–Kier alpha value is -0.900. The Labute approximate surface area is 77.2 Å². The molecule has 0 saturated carbocycles. The second-order valence-electron chi connectivity index (χ2n) is 1.82. The van der Waals surface area contributed by atoms with Gasteiger partial charge in [-0.05, 0) is 28.1 Å². The zero-order valence-electron chi connectivity index (χ0n) is 8.47. The van der Waals surface area contributed by atoms with Crippen LogP contribution < -0.4 is 5.32 Å². The van der Waals surface area contributed by atoms with E-state index >= 15 is 0 Å². The van der Waals surface area contributed by atoms with Crippen LogP contribution in [0, 0.1) is 0 Å². The molecule has 1 amide bonds. The minimum atomic E-state index is -2.64. The number of hydrogen-bond donors (Lipinski definition) is 1. The van der Waals surface area contributed by atoms with Crippen molar-refractivity contribution in [3.05, 3.63) is 22.8 Å². The second kappa shape index (κ2) is 3.48. The minimum absolute atomic E-state index is 0.217. The van der Waals surface area contributed by atoms with E-state index in [1.165, 1.54) is 12.3 Å². The fourth-order valence-electron chi connectivity index (χ4n) is 0.566. The first-order valence-corrected chi connectivity index (χ1v) is 3.62. The lowest BCUT2D eigenvalue weighted by atomic mass is 10.4. The zero-order valence-corrected chi connectivity index (χ0v) is 7.05. The first kappa shape index (κ1) is 4.87. The van der Waals surface area contributed by atoms with Crippen molar-refractivity contribution in [2.45, 2.75) is 6.85 Å². The maximum Gasteiger partial charge on any atom is 0.222 e. The molecule has 0 atom stereocenters. The van der Waals surface area contributed by atoms with Gasteiger partial charge in [0.15, 0.2) is 0 Å². The Morgan fingerprint density at radius 2 is 2.64 bits per heavy atom. The molecule has 0 spiro atoms. The summed E-state index contributed by atoms with van der Waals surface area (Å²) in [5, 5.41) is 2.18. The van der Waals surface area contributed by atoms with Crippen molar-refractivity contribution in [1.82, 2.24) is 4.98 Å². The molecule has 1 rings (SSSR count). The van der Waals surface area contributed by atoms with Gasteiger partial charge >= 0.3 is 0 Å². The third kappa shape index (κ3) is 2.67. The Kier molecular flexibility index (Phi) is 1.54. The number of amides is 1. The van der Waals surface area contributed by atoms with E-state index in [0.717, 1.165) is 4.47 Å². The largest absolute Gasteiger partial charge is 0.311 e. The molecule has 11 heavy (non-hydrogen) atoms. The highest BCUT2D eigenvalue weighted by Gasteiger charge is 1.94. The smallest absolute Gasteiger partial charge is 0.222 e. The number of carbonyl (C=O) groups excluding carboxylic acids is 1. The molecule has 1 aromatic heterocycles. The number of carbonyl (C=O) groups is 1. The Morgan fingerprint density at radius 1 is 1.82 bits per heavy atom. The molecular weight excluding hydrogens is 208 g/mol. The number of anilines is 1. The topological polar surface area (TPSA) is 42.0 Å². The van der Waals surface area contributed by atoms with Crippen molar-refractivity contribution in [2.24, 2.45) is 0 Å². The van der Waals surface area contributed by atoms with Gasteiger partial charge in [0.25, 0.3) is 0 Å². The van der Waals surface area contributed by atoms with Crippen molar-refractivity contribution in [3.63, 3.8) is 0 Å². The van der Waals surface area contributed by atoms with E-state index in [2.05, 4.69) is 26.2 Å². The maximum absolute atomic E-state index is 11.0. The molecule has 3 nitrogen and oxygen atoms in total. The van der Waals surface area contributed by atoms with Crippen LogP contribution >= 0.6 is 15.9 Å². The van der Waals surface area contributed by atoms with E-state index in [-0.39, 0.29) is 5.82 Å². The molecule has 0 aromatic carbocycles. The first-order chi connectivity index (χ1) is 6.39. The van der Waals surface area contributed by atoms with Crippen LogP contribution in [0.2, 0.25) is 0 Å². The van der Waals surface area contributed by atoms with Crippen molar-refractivity contribution >= 4 is 27.7 Å². The molecule has 1 heterocycles. The van der Waals surface area contributed by atoms with Gasteiger partial charge in [-0.15, -0.1) is 0 Å². The van der Waals surface area contributed by atoms with Crippen molar-refractivity contribution < 1.29 is 8.91 Å². The maximum atomic E-state index is 11.0. The van der Waals surface area contributed by atoms with E-state index in [9.17, 15) is 4.79 Å². The Balaban J connectivity index is 2.71. The standard InChI is InChI=1S/C7H7BrN2O/c1-5(11)10-7-3-2-6(8)4-9-7/h2-4H,1H3,(H,9,10,11)/i1D3. The highest BCUT2D eigenvalue weighted by atomic mass is 79.9. The summed E-state index contributed by atoms with van der Waals surface area (Å²) in [5.41, 5.74) is 0. The third-order valence-corrected chi connectivity index (χ3v) is 1.44. The molecule has 0 aliphatic carbocycles. The molecule has 4 heteroatoms. The summed E-state index contributed by atoms with van der Waals surface area (Å²) in [5.74, 6) is -0.818. The molecular formula is C7H7BrN2O. The van der Waals surface area contributed by atoms with Gasteiger partial charge in [-0.3, -0.25) is 4.79 Å². The molecule has 0 fully saturated rings. The van der Waals surface area contributed by atoms with E-state index in [4.69, 9.17) is 4.11 Å². The summed E-state index contributed by atoms with van der Waals surface area (Å²) >= 11 is 3.16. The molecule has 58 valence electrons. The van der Waals surface area contributed by atoms with Crippen LogP contribution in [-0.4, -0.2) is 10.9 Å². The predicted octanol–water partition coefficient (Wildman–Crippen LogP) is 1.80. The molecule has 0 radical (unpaired) electrons. The van der Waals surface area contributed by atoms with Crippen LogP contribution in [0.25, 0.3) is 0 Å². The lowest BCUT2D eigenvalue weighted by Gasteiger charge is -1.98. The second-order valence-corrected chi connectivity index (χ2v) is 2.73. The van der Waals surface area contributed by atoms with Crippen molar-refractivity contribution in [1.29, 1.82) is 0 Å². The van der Waals surface area contributed by atoms with E-state index in [1.807, 2.05) is 0 Å². The number of rotatable bonds is 1. The molecule has 0 aliphatic heterocycles. The lowest BCUT2D eigenvalue weighted by Crippen LogP contribution is -2.06. The van der Waals surface area contributed by atoms with Gasteiger partial charge in [0.1, 0.15) is 5.82 Å². The Morgan fingerprint density at radius 3 is 3.18 bits per heavy atom. The van der Waals surface area contributed by atoms with Gasteiger partial charge in [-0.2, -0.15) is 0 Å². The van der Waals surface area contributed by atoms with Crippen LogP contribution in [0.5, 0.6) is 0 Å². The summed E-state index contributed by atoms with van der Waals surface area (Å²) in [6.45, 7) is -2.64. The average Bonchev–Trinajstić information content (AvgIpc) is 2.07. The van der Waals surface area contributed by atoms with Crippen LogP contribution in [-0.2, 0) is 4.79 Å². The summed E-state index contributed by atoms with van der Waals surface area (Å²) in [6.07, 6.45) is 1.47. The van der Waals surface area contributed by atoms with Crippen molar-refractivity contribution in [3.8, 4) is 0 Å². The lowest BCUT2D eigenvalue weighted by molar-refractivity contribution is -0.114. The highest BCUT2D eigenvalue weighted by Crippen LogP contribution is 2.09. The fraction of sp³-hybridized carbons (Fsp3) is 0.143. The number of pyridine rings is 1. The van der Waals surface area contributed by atoms with Gasteiger partial charge in [-0.1, -0.05) is 0 Å². The number of halogens is 1. The number of nitrogens with one attached hydrogen (secondary N) is 1. The van der Waals surface area contributed by atoms with Crippen LogP contribution in [0.3, 0.4) is 0 Å². The third-order valence-electron chi connectivity index (χ3n) is 0.969. The van der Waals surface area contributed by atoms with Crippen LogP contribution in [0.15, 0.2) is 22.8 Å². The predicted molar refractivity (Wildman–Crippen MR) is 46.2 cm³/mol. The summed E-state index contributed by atoms with van der Waals surface area (Å²) < 4.78 is 21.2. The summed E-state index contributed by atoms with van der Waals surface area (Å²) in [4.78, 5) is 14.8. The fourth-order valence-corrected chi connectivity index (χ4v) is 0.801. The van der Waals surface area contributed by atoms with Crippen molar-refractivity contribution in [2.75, 3.05) is 5.32 Å². The van der Waals surface area contributed by atoms with Crippen LogP contribution in [0.1, 0.15) is 11.0 Å². The quantitative estimate of drug-likeness (QED) is 0.780. The average molecular weight is 218 g/mol. The first-order valence-electron chi connectivity index (χ1n) is 4.32. The molecule has 0 saturated heterocycles. The minimum Gasteiger partial charge on any atom is -0.311 e. The van der Waals surface area contributed by atoms with Gasteiger partial charge in [0, 0.05) is 21.6 Å². The summed E-state index contributed by atoms with van der Waals surface area (Å²) in [6, 6.07) is 3.16. The number of hydrogen-bond acceptors (Lipinski definition) is 2.